The first kappa shape index (κ1) is 42.0. The van der Waals surface area contributed by atoms with Crippen molar-refractivity contribution in [2.75, 3.05) is 6.61 Å². The van der Waals surface area contributed by atoms with Gasteiger partial charge in [0.2, 0.25) is 11.8 Å². The number of nitrogens with one attached hydrogen (secondary N) is 1. The molecule has 5 aromatic carbocycles. The quantitative estimate of drug-likeness (QED) is 0.132. The van der Waals surface area contributed by atoms with Crippen molar-refractivity contribution in [1.82, 2.24) is 15.2 Å². The highest BCUT2D eigenvalue weighted by Crippen LogP contribution is 2.42. The lowest BCUT2D eigenvalue weighted by Crippen LogP contribution is -2.57. The summed E-state index contributed by atoms with van der Waals surface area (Å²) < 4.78 is 18.8. The summed E-state index contributed by atoms with van der Waals surface area (Å²) in [5.74, 6) is -0.405. The number of aliphatic carboxylic acids is 1. The summed E-state index contributed by atoms with van der Waals surface area (Å²) in [6.07, 6.45) is 2.77. The third-order valence-electron chi connectivity index (χ3n) is 12.5. The summed E-state index contributed by atoms with van der Waals surface area (Å²) in [6, 6.07) is 32.3. The van der Waals surface area contributed by atoms with Crippen LogP contribution in [0.3, 0.4) is 0 Å². The van der Waals surface area contributed by atoms with Gasteiger partial charge in [0.15, 0.2) is 17.6 Å². The third kappa shape index (κ3) is 8.96. The Bertz CT molecular complexity index is 2700. The normalized spacial score (nSPS) is 17.0. The molecular weight excluding hydrogens is 837 g/mol. The molecule has 1 aliphatic carbocycles. The number of pyridine rings is 1. The number of rotatable bonds is 11. The number of aromatic nitrogens is 1. The monoisotopic (exact) mass is 881 g/mol. The first-order valence-electron chi connectivity index (χ1n) is 21.0. The Morgan fingerprint density at radius 1 is 0.825 bits per heavy atom. The summed E-state index contributed by atoms with van der Waals surface area (Å²) >= 11 is 12.2. The first-order chi connectivity index (χ1) is 30.5. The van der Waals surface area contributed by atoms with Gasteiger partial charge in [-0.2, -0.15) is 0 Å². The minimum Gasteiger partial charge on any atom is -0.489 e. The van der Waals surface area contributed by atoms with Gasteiger partial charge in [0.1, 0.15) is 31.0 Å². The summed E-state index contributed by atoms with van der Waals surface area (Å²) in [5.41, 5.74) is 10.5. The van der Waals surface area contributed by atoms with Crippen molar-refractivity contribution in [2.45, 2.75) is 70.9 Å². The van der Waals surface area contributed by atoms with Crippen molar-refractivity contribution in [1.29, 1.82) is 0 Å². The van der Waals surface area contributed by atoms with E-state index in [0.717, 1.165) is 61.3 Å². The molecule has 0 fully saturated rings. The molecule has 12 heteroatoms. The van der Waals surface area contributed by atoms with Crippen molar-refractivity contribution < 1.29 is 33.7 Å². The summed E-state index contributed by atoms with van der Waals surface area (Å²) in [7, 11) is 0. The minimum atomic E-state index is -1.22. The molecule has 10 nitrogen and oxygen atoms in total. The number of ether oxygens (including phenoxy) is 3. The molecule has 0 bridgehead atoms. The molecule has 1 aromatic heterocycles. The molecule has 0 spiro atoms. The fourth-order valence-corrected chi connectivity index (χ4v) is 9.12. The number of benzene rings is 5. The van der Waals surface area contributed by atoms with Crippen LogP contribution in [-0.4, -0.2) is 51.5 Å². The highest BCUT2D eigenvalue weighted by Gasteiger charge is 2.41. The van der Waals surface area contributed by atoms with Crippen molar-refractivity contribution in [3.05, 3.63) is 176 Å². The van der Waals surface area contributed by atoms with Crippen LogP contribution in [0, 0.1) is 19.8 Å². The molecular formula is C51H45Cl2N3O7. The van der Waals surface area contributed by atoms with E-state index in [1.54, 1.807) is 23.2 Å². The summed E-state index contributed by atoms with van der Waals surface area (Å²) in [6.45, 7) is 4.73. The smallest absolute Gasteiger partial charge is 0.326 e. The fraction of sp³-hybridized carbons (Fsp3) is 0.255. The fourth-order valence-electron chi connectivity index (χ4n) is 8.80. The number of carbonyl (C=O) groups excluding carboxylic acids is 2. The number of carboxylic acids is 1. The maximum atomic E-state index is 14.6. The number of carbonyl (C=O) groups is 3. The average molecular weight is 883 g/mol. The number of halogens is 2. The lowest BCUT2D eigenvalue weighted by molar-refractivity contribution is -0.147. The van der Waals surface area contributed by atoms with Crippen LogP contribution < -0.4 is 19.5 Å². The molecule has 0 radical (unpaired) electrons. The second kappa shape index (κ2) is 17.8. The van der Waals surface area contributed by atoms with Crippen molar-refractivity contribution >= 4 is 41.0 Å². The van der Waals surface area contributed by atoms with Crippen molar-refractivity contribution in [3.8, 4) is 28.4 Å². The van der Waals surface area contributed by atoms with Crippen LogP contribution in [0.1, 0.15) is 56.3 Å². The summed E-state index contributed by atoms with van der Waals surface area (Å²) in [4.78, 5) is 47.6. The Kier molecular flexibility index (Phi) is 11.8. The number of amides is 2. The van der Waals surface area contributed by atoms with E-state index in [1.165, 1.54) is 0 Å². The largest absolute Gasteiger partial charge is 0.489 e. The SMILES string of the molecule is Cc1nccc(-c2ccc(CC(NC(=O)C3Cc4cc5c(cc4CN3C(=O)C3Cc4ccccc4C3)OC(c3ccc(OCc4ccc(Cl)c(Cl)c4)cc3)CO5)C(=O)O)cc2)c1C. The molecule has 3 heterocycles. The van der Waals surface area contributed by atoms with Crippen LogP contribution in [0.2, 0.25) is 10.0 Å². The van der Waals surface area contributed by atoms with E-state index in [4.69, 9.17) is 37.4 Å². The van der Waals surface area contributed by atoms with Gasteiger partial charge in [0.05, 0.1) is 10.0 Å². The maximum absolute atomic E-state index is 14.6. The molecule has 9 rings (SSSR count). The maximum Gasteiger partial charge on any atom is 0.326 e. The number of hydrogen-bond acceptors (Lipinski definition) is 7. The van der Waals surface area contributed by atoms with Crippen LogP contribution in [0.15, 0.2) is 115 Å². The van der Waals surface area contributed by atoms with Crippen molar-refractivity contribution in [3.63, 3.8) is 0 Å². The zero-order valence-corrected chi connectivity index (χ0v) is 36.3. The first-order valence-corrected chi connectivity index (χ1v) is 21.8. The standard InChI is InChI=1S/C51H45Cl2N3O7/c1-29-30(2)54-18-17-41(29)33-10-7-31(8-11-33)20-44(51(59)60)55-49(57)45-23-37-24-46-47(25-39(37)26-56(45)50(58)38-21-35-5-3-4-6-36(35)22-38)63-48(28-62-46)34-12-14-40(15-13-34)61-27-32-9-16-42(52)43(53)19-32/h3-19,24-25,38,44-45,48H,20-23,26-28H2,1-2H3,(H,55,57)(H,59,60). The lowest BCUT2D eigenvalue weighted by atomic mass is 9.90. The second-order valence-corrected chi connectivity index (χ2v) is 17.3. The number of carboxylic acid groups (broad SMARTS) is 1. The molecule has 2 amide bonds. The van der Waals surface area contributed by atoms with Crippen LogP contribution in [0.5, 0.6) is 17.2 Å². The van der Waals surface area contributed by atoms with E-state index in [1.807, 2.05) is 111 Å². The molecule has 6 aromatic rings. The van der Waals surface area contributed by atoms with Gasteiger partial charge in [-0.3, -0.25) is 14.6 Å². The molecule has 2 N–H and O–H groups in total. The zero-order valence-electron chi connectivity index (χ0n) is 34.8. The molecule has 320 valence electrons. The molecule has 3 atom stereocenters. The van der Waals surface area contributed by atoms with Crippen LogP contribution >= 0.6 is 23.2 Å². The van der Waals surface area contributed by atoms with Gasteiger partial charge in [-0.05, 0) is 125 Å². The van der Waals surface area contributed by atoms with Gasteiger partial charge in [-0.1, -0.05) is 89.9 Å². The predicted molar refractivity (Wildman–Crippen MR) is 240 cm³/mol. The Hall–Kier alpha value is -6.36. The zero-order chi connectivity index (χ0) is 43.8. The average Bonchev–Trinajstić information content (AvgIpc) is 3.74. The van der Waals surface area contributed by atoms with Gasteiger partial charge < -0.3 is 29.5 Å². The Morgan fingerprint density at radius 3 is 2.25 bits per heavy atom. The van der Waals surface area contributed by atoms with Crippen LogP contribution in [0.25, 0.3) is 11.1 Å². The third-order valence-corrected chi connectivity index (χ3v) is 13.2. The number of hydrogen-bond donors (Lipinski definition) is 2. The lowest BCUT2D eigenvalue weighted by Gasteiger charge is -2.39. The Balaban J connectivity index is 0.921. The highest BCUT2D eigenvalue weighted by atomic mass is 35.5. The molecule has 0 saturated carbocycles. The topological polar surface area (TPSA) is 127 Å². The predicted octanol–water partition coefficient (Wildman–Crippen LogP) is 9.24. The van der Waals surface area contributed by atoms with E-state index in [0.29, 0.717) is 46.7 Å². The Labute approximate surface area is 375 Å². The molecule has 3 aliphatic rings. The molecule has 3 unspecified atom stereocenters. The molecule has 0 saturated heterocycles. The van der Waals surface area contributed by atoms with E-state index < -0.39 is 30.1 Å². The van der Waals surface area contributed by atoms with Gasteiger partial charge in [-0.25, -0.2) is 4.79 Å². The number of nitrogens with zero attached hydrogens (tertiary/aromatic N) is 2. The van der Waals surface area contributed by atoms with Crippen LogP contribution in [-0.2, 0) is 53.2 Å². The number of fused-ring (bicyclic) bond motifs is 3. The Morgan fingerprint density at radius 2 is 1.54 bits per heavy atom. The number of aryl methyl sites for hydroxylation is 1. The molecule has 63 heavy (non-hydrogen) atoms. The van der Waals surface area contributed by atoms with Crippen molar-refractivity contribution in [2.24, 2.45) is 5.92 Å². The van der Waals surface area contributed by atoms with Gasteiger partial charge in [-0.15, -0.1) is 0 Å². The highest BCUT2D eigenvalue weighted by molar-refractivity contribution is 6.42. The second-order valence-electron chi connectivity index (χ2n) is 16.5. The van der Waals surface area contributed by atoms with E-state index >= 15 is 0 Å². The van der Waals surface area contributed by atoms with Crippen LogP contribution in [0.4, 0.5) is 0 Å². The van der Waals surface area contributed by atoms with Gasteiger partial charge in [0.25, 0.3) is 0 Å². The summed E-state index contributed by atoms with van der Waals surface area (Å²) in [5, 5.41) is 14.1. The minimum absolute atomic E-state index is 0.0687. The van der Waals surface area contributed by atoms with Gasteiger partial charge in [0, 0.05) is 37.2 Å². The van der Waals surface area contributed by atoms with E-state index in [9.17, 15) is 19.5 Å². The molecule has 2 aliphatic heterocycles. The van der Waals surface area contributed by atoms with E-state index in [-0.39, 0.29) is 37.8 Å². The van der Waals surface area contributed by atoms with E-state index in [2.05, 4.69) is 10.3 Å². The van der Waals surface area contributed by atoms with Gasteiger partial charge >= 0.3 is 5.97 Å².